The van der Waals surface area contributed by atoms with Crippen LogP contribution in [0.2, 0.25) is 0 Å². The van der Waals surface area contributed by atoms with Crippen molar-refractivity contribution in [2.24, 2.45) is 10.7 Å². The zero-order valence-corrected chi connectivity index (χ0v) is 15.6. The molecule has 0 amide bonds. The number of fused-ring (bicyclic) bond motifs is 1. The van der Waals surface area contributed by atoms with E-state index in [2.05, 4.69) is 15.3 Å². The molecule has 0 bridgehead atoms. The summed E-state index contributed by atoms with van der Waals surface area (Å²) in [5.41, 5.74) is 8.79. The molecule has 6 nitrogen and oxygen atoms in total. The van der Waals surface area contributed by atoms with Gasteiger partial charge in [0.15, 0.2) is 5.96 Å². The van der Waals surface area contributed by atoms with Crippen LogP contribution >= 0.6 is 0 Å². The average molecular weight is 364 g/mol. The van der Waals surface area contributed by atoms with Crippen LogP contribution in [-0.2, 0) is 6.54 Å². The third-order valence-corrected chi connectivity index (χ3v) is 3.96. The second-order valence-electron chi connectivity index (χ2n) is 5.84. The zero-order chi connectivity index (χ0) is 19.1. The SMILES string of the molecule is CCOc1ccc(OCC)c(NC(N)=NCc2cccc3cccnc23)c1. The van der Waals surface area contributed by atoms with Crippen LogP contribution in [0.1, 0.15) is 19.4 Å². The Bertz CT molecular complexity index is 935. The molecule has 1 aromatic heterocycles. The number of rotatable bonds is 7. The van der Waals surface area contributed by atoms with Gasteiger partial charge >= 0.3 is 0 Å². The maximum Gasteiger partial charge on any atom is 0.193 e. The molecule has 27 heavy (non-hydrogen) atoms. The lowest BCUT2D eigenvalue weighted by Crippen LogP contribution is -2.23. The molecule has 3 N–H and O–H groups in total. The largest absolute Gasteiger partial charge is 0.494 e. The van der Waals surface area contributed by atoms with E-state index in [9.17, 15) is 0 Å². The minimum Gasteiger partial charge on any atom is -0.494 e. The molecule has 3 aromatic rings. The number of aliphatic imine (C=N–C) groups is 1. The number of benzene rings is 2. The van der Waals surface area contributed by atoms with E-state index in [-0.39, 0.29) is 0 Å². The van der Waals surface area contributed by atoms with Crippen molar-refractivity contribution < 1.29 is 9.47 Å². The molecule has 0 atom stereocenters. The number of hydrogen-bond acceptors (Lipinski definition) is 4. The molecule has 0 unspecified atom stereocenters. The van der Waals surface area contributed by atoms with Crippen molar-refractivity contribution in [3.05, 3.63) is 60.3 Å². The Kier molecular flexibility index (Phi) is 6.10. The summed E-state index contributed by atoms with van der Waals surface area (Å²) >= 11 is 0. The molecule has 0 aliphatic heterocycles. The molecule has 0 saturated heterocycles. The number of pyridine rings is 1. The second kappa shape index (κ2) is 8.89. The van der Waals surface area contributed by atoms with Gasteiger partial charge in [0.05, 0.1) is 31.0 Å². The normalized spacial score (nSPS) is 11.4. The van der Waals surface area contributed by atoms with Crippen LogP contribution in [0.4, 0.5) is 5.69 Å². The van der Waals surface area contributed by atoms with Crippen molar-refractivity contribution in [3.63, 3.8) is 0 Å². The van der Waals surface area contributed by atoms with Gasteiger partial charge in [-0.25, -0.2) is 4.99 Å². The number of anilines is 1. The first-order chi connectivity index (χ1) is 13.2. The Morgan fingerprint density at radius 3 is 2.70 bits per heavy atom. The number of guanidine groups is 1. The molecule has 140 valence electrons. The highest BCUT2D eigenvalue weighted by Gasteiger charge is 2.08. The van der Waals surface area contributed by atoms with Gasteiger partial charge in [0.25, 0.3) is 0 Å². The van der Waals surface area contributed by atoms with Gasteiger partial charge in [0.1, 0.15) is 11.5 Å². The monoisotopic (exact) mass is 364 g/mol. The van der Waals surface area contributed by atoms with Crippen LogP contribution in [0, 0.1) is 0 Å². The van der Waals surface area contributed by atoms with Crippen molar-refractivity contribution in [1.82, 2.24) is 4.98 Å². The summed E-state index contributed by atoms with van der Waals surface area (Å²) < 4.78 is 11.2. The molecule has 0 radical (unpaired) electrons. The fraction of sp³-hybridized carbons (Fsp3) is 0.238. The van der Waals surface area contributed by atoms with Crippen LogP contribution in [0.5, 0.6) is 11.5 Å². The summed E-state index contributed by atoms with van der Waals surface area (Å²) in [4.78, 5) is 8.91. The standard InChI is InChI=1S/C21H24N4O2/c1-3-26-17-10-11-19(27-4-2)18(13-17)25-21(22)24-14-16-8-5-7-15-9-6-12-23-20(15)16/h5-13H,3-4,14H2,1-2H3,(H3,22,24,25). The highest BCUT2D eigenvalue weighted by atomic mass is 16.5. The lowest BCUT2D eigenvalue weighted by molar-refractivity contribution is 0.332. The number of nitrogens with one attached hydrogen (secondary N) is 1. The fourth-order valence-electron chi connectivity index (χ4n) is 2.79. The van der Waals surface area contributed by atoms with Crippen molar-refractivity contribution >= 4 is 22.5 Å². The van der Waals surface area contributed by atoms with E-state index in [1.807, 2.05) is 62.4 Å². The molecule has 2 aromatic carbocycles. The maximum absolute atomic E-state index is 6.11. The third-order valence-electron chi connectivity index (χ3n) is 3.96. The maximum atomic E-state index is 6.11. The predicted molar refractivity (Wildman–Crippen MR) is 109 cm³/mol. The average Bonchev–Trinajstić information content (AvgIpc) is 2.68. The number of aromatic nitrogens is 1. The van der Waals surface area contributed by atoms with E-state index in [0.29, 0.717) is 31.5 Å². The molecule has 0 saturated carbocycles. The molecule has 1 heterocycles. The number of nitrogens with zero attached hydrogens (tertiary/aromatic N) is 2. The summed E-state index contributed by atoms with van der Waals surface area (Å²) in [6.45, 7) is 5.46. The highest BCUT2D eigenvalue weighted by Crippen LogP contribution is 2.29. The minimum absolute atomic E-state index is 0.303. The molecule has 6 heteroatoms. The summed E-state index contributed by atoms with van der Waals surface area (Å²) in [6, 6.07) is 15.6. The van der Waals surface area contributed by atoms with Crippen molar-refractivity contribution in [2.45, 2.75) is 20.4 Å². The highest BCUT2D eigenvalue weighted by molar-refractivity contribution is 5.94. The van der Waals surface area contributed by atoms with Crippen LogP contribution < -0.4 is 20.5 Å². The van der Waals surface area contributed by atoms with Crippen LogP contribution in [0.3, 0.4) is 0 Å². The number of nitrogens with two attached hydrogens (primary N) is 1. The van der Waals surface area contributed by atoms with Gasteiger partial charge in [-0.2, -0.15) is 0 Å². The summed E-state index contributed by atoms with van der Waals surface area (Å²) in [7, 11) is 0. The molecule has 0 aliphatic rings. The van der Waals surface area contributed by atoms with Gasteiger partial charge in [0.2, 0.25) is 0 Å². The first kappa shape index (κ1) is 18.5. The molecule has 3 rings (SSSR count). The second-order valence-corrected chi connectivity index (χ2v) is 5.84. The number of hydrogen-bond donors (Lipinski definition) is 2. The van der Waals surface area contributed by atoms with Crippen LogP contribution in [0.15, 0.2) is 59.7 Å². The van der Waals surface area contributed by atoms with E-state index in [1.165, 1.54) is 0 Å². The lowest BCUT2D eigenvalue weighted by Gasteiger charge is -2.14. The molecule has 0 spiro atoms. The number of ether oxygens (including phenoxy) is 2. The summed E-state index contributed by atoms with van der Waals surface area (Å²) in [5, 5.41) is 4.20. The summed E-state index contributed by atoms with van der Waals surface area (Å²) in [6.07, 6.45) is 1.78. The lowest BCUT2D eigenvalue weighted by atomic mass is 10.1. The van der Waals surface area contributed by atoms with Crippen molar-refractivity contribution in [2.75, 3.05) is 18.5 Å². The predicted octanol–water partition coefficient (Wildman–Crippen LogP) is 3.96. The van der Waals surface area contributed by atoms with Crippen LogP contribution in [0.25, 0.3) is 10.9 Å². The smallest absolute Gasteiger partial charge is 0.193 e. The van der Waals surface area contributed by atoms with E-state index >= 15 is 0 Å². The van der Waals surface area contributed by atoms with E-state index in [1.54, 1.807) is 6.20 Å². The minimum atomic E-state index is 0.303. The van der Waals surface area contributed by atoms with E-state index in [4.69, 9.17) is 15.2 Å². The van der Waals surface area contributed by atoms with E-state index < -0.39 is 0 Å². The first-order valence-corrected chi connectivity index (χ1v) is 9.00. The zero-order valence-electron chi connectivity index (χ0n) is 15.6. The Morgan fingerprint density at radius 2 is 1.89 bits per heavy atom. The third kappa shape index (κ3) is 4.67. The van der Waals surface area contributed by atoms with Gasteiger partial charge in [0, 0.05) is 17.6 Å². The molecular formula is C21H24N4O2. The van der Waals surface area contributed by atoms with Crippen molar-refractivity contribution in [1.29, 1.82) is 0 Å². The first-order valence-electron chi connectivity index (χ1n) is 9.00. The number of para-hydroxylation sites is 1. The molecule has 0 aliphatic carbocycles. The Hall–Kier alpha value is -3.28. The van der Waals surface area contributed by atoms with Gasteiger partial charge in [-0.05, 0) is 37.6 Å². The van der Waals surface area contributed by atoms with Crippen LogP contribution in [-0.4, -0.2) is 24.2 Å². The molecule has 0 fully saturated rings. The van der Waals surface area contributed by atoms with Gasteiger partial charge < -0.3 is 20.5 Å². The fourth-order valence-corrected chi connectivity index (χ4v) is 2.79. The van der Waals surface area contributed by atoms with Crippen molar-refractivity contribution in [3.8, 4) is 11.5 Å². The quantitative estimate of drug-likeness (QED) is 0.490. The Labute approximate surface area is 159 Å². The topological polar surface area (TPSA) is 81.8 Å². The van der Waals surface area contributed by atoms with E-state index in [0.717, 1.165) is 27.9 Å². The Morgan fingerprint density at radius 1 is 1.07 bits per heavy atom. The van der Waals surface area contributed by atoms with Gasteiger partial charge in [-0.15, -0.1) is 0 Å². The Balaban J connectivity index is 1.79. The molecular weight excluding hydrogens is 340 g/mol. The summed E-state index contributed by atoms with van der Waals surface area (Å²) in [5.74, 6) is 1.75. The van der Waals surface area contributed by atoms with Gasteiger partial charge in [-0.3, -0.25) is 4.98 Å². The van der Waals surface area contributed by atoms with Gasteiger partial charge in [-0.1, -0.05) is 24.3 Å².